The number of rotatable bonds is 0. The molecular weight excluding hydrogens is 434 g/mol. The molecule has 1 amide bonds. The Morgan fingerprint density at radius 2 is 1.93 bits per heavy atom. The van der Waals surface area contributed by atoms with Crippen LogP contribution < -0.4 is 4.74 Å². The van der Waals surface area contributed by atoms with Crippen molar-refractivity contribution in [1.82, 2.24) is 4.90 Å². The van der Waals surface area contributed by atoms with Gasteiger partial charge in [0.25, 0.3) is 0 Å². The Morgan fingerprint density at radius 3 is 2.59 bits per heavy atom. The van der Waals surface area contributed by atoms with Gasteiger partial charge in [0, 0.05) is 29.0 Å². The van der Waals surface area contributed by atoms with Gasteiger partial charge in [0.15, 0.2) is 0 Å². The highest BCUT2D eigenvalue weighted by Crippen LogP contribution is 2.55. The third-order valence-electron chi connectivity index (χ3n) is 6.61. The van der Waals surface area contributed by atoms with Gasteiger partial charge in [-0.3, -0.25) is 0 Å². The zero-order valence-electron chi connectivity index (χ0n) is 18.1. The number of halogens is 1. The lowest BCUT2D eigenvalue weighted by molar-refractivity contribution is -0.173. The SMILES string of the molecule is CC(C)(C)OC(=O)N1CCC2(CC1)CO[C@H]1c3cc(Br)ccc3OC(C)(C)[C@@H]1C2. The molecule has 1 spiro atoms. The van der Waals surface area contributed by atoms with E-state index in [2.05, 4.69) is 35.8 Å². The monoisotopic (exact) mass is 465 g/mol. The summed E-state index contributed by atoms with van der Waals surface area (Å²) in [5.41, 5.74) is 0.494. The predicted molar refractivity (Wildman–Crippen MR) is 115 cm³/mol. The summed E-state index contributed by atoms with van der Waals surface area (Å²) in [6, 6.07) is 6.18. The highest BCUT2D eigenvalue weighted by atomic mass is 79.9. The van der Waals surface area contributed by atoms with Crippen LogP contribution in [0.1, 0.15) is 65.5 Å². The van der Waals surface area contributed by atoms with E-state index < -0.39 is 5.60 Å². The van der Waals surface area contributed by atoms with E-state index in [1.807, 2.05) is 37.8 Å². The number of hydrogen-bond donors (Lipinski definition) is 0. The summed E-state index contributed by atoms with van der Waals surface area (Å²) in [6.07, 6.45) is 2.79. The van der Waals surface area contributed by atoms with E-state index >= 15 is 0 Å². The number of carbonyl (C=O) groups is 1. The molecule has 3 heterocycles. The van der Waals surface area contributed by atoms with Gasteiger partial charge >= 0.3 is 6.09 Å². The van der Waals surface area contributed by atoms with Gasteiger partial charge < -0.3 is 19.1 Å². The molecule has 4 rings (SSSR count). The number of benzene rings is 1. The van der Waals surface area contributed by atoms with Gasteiger partial charge in [0.2, 0.25) is 0 Å². The normalized spacial score (nSPS) is 27.6. The fourth-order valence-corrected chi connectivity index (χ4v) is 5.34. The number of piperidine rings is 1. The molecule has 3 aliphatic heterocycles. The molecule has 0 N–H and O–H groups in total. The lowest BCUT2D eigenvalue weighted by atomic mass is 9.64. The molecule has 1 aromatic carbocycles. The van der Waals surface area contributed by atoms with Crippen molar-refractivity contribution >= 4 is 22.0 Å². The summed E-state index contributed by atoms with van der Waals surface area (Å²) >= 11 is 3.59. The van der Waals surface area contributed by atoms with Gasteiger partial charge in [0.1, 0.15) is 17.0 Å². The molecule has 1 aromatic rings. The van der Waals surface area contributed by atoms with Gasteiger partial charge in [0.05, 0.1) is 12.7 Å². The number of hydrogen-bond acceptors (Lipinski definition) is 4. The van der Waals surface area contributed by atoms with Crippen molar-refractivity contribution in [2.45, 2.75) is 71.2 Å². The van der Waals surface area contributed by atoms with E-state index in [1.165, 1.54) is 0 Å². The minimum Gasteiger partial charge on any atom is -0.487 e. The summed E-state index contributed by atoms with van der Waals surface area (Å²) in [7, 11) is 0. The van der Waals surface area contributed by atoms with Crippen LogP contribution in [0.5, 0.6) is 5.75 Å². The van der Waals surface area contributed by atoms with Crippen LogP contribution in [0.4, 0.5) is 4.79 Å². The average Bonchev–Trinajstić information content (AvgIpc) is 2.62. The molecule has 2 saturated heterocycles. The van der Waals surface area contributed by atoms with Crippen LogP contribution in [0, 0.1) is 11.3 Å². The average molecular weight is 466 g/mol. The molecule has 160 valence electrons. The maximum absolute atomic E-state index is 12.4. The molecule has 0 unspecified atom stereocenters. The molecular formula is C23H32BrNO4. The quantitative estimate of drug-likeness (QED) is 0.491. The van der Waals surface area contributed by atoms with E-state index in [0.717, 1.165) is 54.7 Å². The third-order valence-corrected chi connectivity index (χ3v) is 7.10. The van der Waals surface area contributed by atoms with Crippen LogP contribution in [0.15, 0.2) is 22.7 Å². The Labute approximate surface area is 182 Å². The molecule has 29 heavy (non-hydrogen) atoms. The first-order valence-corrected chi connectivity index (χ1v) is 11.4. The van der Waals surface area contributed by atoms with Crippen molar-refractivity contribution in [3.8, 4) is 5.75 Å². The molecule has 5 nitrogen and oxygen atoms in total. The largest absolute Gasteiger partial charge is 0.487 e. The number of amides is 1. The van der Waals surface area contributed by atoms with Crippen LogP contribution in [-0.4, -0.2) is 41.9 Å². The maximum atomic E-state index is 12.4. The van der Waals surface area contributed by atoms with Crippen molar-refractivity contribution in [1.29, 1.82) is 0 Å². The third kappa shape index (κ3) is 4.15. The van der Waals surface area contributed by atoms with Crippen LogP contribution >= 0.6 is 15.9 Å². The minimum absolute atomic E-state index is 0.0563. The smallest absolute Gasteiger partial charge is 0.410 e. The lowest BCUT2D eigenvalue weighted by Gasteiger charge is -2.54. The van der Waals surface area contributed by atoms with Gasteiger partial charge in [-0.05, 0) is 77.5 Å². The van der Waals surface area contributed by atoms with Crippen molar-refractivity contribution in [3.63, 3.8) is 0 Å². The number of ether oxygens (including phenoxy) is 3. The lowest BCUT2D eigenvalue weighted by Crippen LogP contribution is -2.55. The fraction of sp³-hybridized carbons (Fsp3) is 0.696. The topological polar surface area (TPSA) is 48.0 Å². The van der Waals surface area contributed by atoms with E-state index in [0.29, 0.717) is 0 Å². The van der Waals surface area contributed by atoms with Gasteiger partial charge in [-0.15, -0.1) is 0 Å². The highest BCUT2D eigenvalue weighted by Gasteiger charge is 2.53. The van der Waals surface area contributed by atoms with Crippen molar-refractivity contribution in [3.05, 3.63) is 28.2 Å². The van der Waals surface area contributed by atoms with E-state index in [1.54, 1.807) is 0 Å². The van der Waals surface area contributed by atoms with Gasteiger partial charge in [-0.25, -0.2) is 4.79 Å². The Morgan fingerprint density at radius 1 is 1.24 bits per heavy atom. The van der Waals surface area contributed by atoms with Crippen molar-refractivity contribution < 1.29 is 19.0 Å². The molecule has 0 radical (unpaired) electrons. The van der Waals surface area contributed by atoms with Gasteiger partial charge in [-0.1, -0.05) is 15.9 Å². The van der Waals surface area contributed by atoms with Crippen LogP contribution in [0.3, 0.4) is 0 Å². The predicted octanol–water partition coefficient (Wildman–Crippen LogP) is 5.72. The Bertz CT molecular complexity index is 793. The van der Waals surface area contributed by atoms with E-state index in [4.69, 9.17) is 14.2 Å². The standard InChI is InChI=1S/C23H32BrNO4/c1-21(2,3)29-20(26)25-10-8-23(9-11-25)13-17-19(27-14-23)16-12-15(24)6-7-18(16)28-22(17,4)5/h6-7,12,17,19H,8-11,13-14H2,1-5H3/t17-,19+/m1/s1. The van der Waals surface area contributed by atoms with Crippen LogP contribution in [0.25, 0.3) is 0 Å². The van der Waals surface area contributed by atoms with Crippen molar-refractivity contribution in [2.75, 3.05) is 19.7 Å². The molecule has 0 aliphatic carbocycles. The Kier molecular flexibility index (Phi) is 5.18. The first kappa shape index (κ1) is 21.0. The van der Waals surface area contributed by atoms with E-state index in [-0.39, 0.29) is 29.1 Å². The summed E-state index contributed by atoms with van der Waals surface area (Å²) in [5.74, 6) is 1.21. The van der Waals surface area contributed by atoms with Crippen molar-refractivity contribution in [2.24, 2.45) is 11.3 Å². The Hall–Kier alpha value is -1.27. The first-order chi connectivity index (χ1) is 13.5. The molecule has 0 aromatic heterocycles. The number of carbonyl (C=O) groups excluding carboxylic acids is 1. The summed E-state index contributed by atoms with van der Waals surface area (Å²) < 4.78 is 19.5. The fourth-order valence-electron chi connectivity index (χ4n) is 4.96. The second-order valence-corrected chi connectivity index (χ2v) is 11.3. The minimum atomic E-state index is -0.460. The molecule has 0 bridgehead atoms. The zero-order chi connectivity index (χ0) is 21.0. The first-order valence-electron chi connectivity index (χ1n) is 10.6. The summed E-state index contributed by atoms with van der Waals surface area (Å²) in [5, 5.41) is 0. The Balaban J connectivity index is 1.48. The summed E-state index contributed by atoms with van der Waals surface area (Å²) in [6.45, 7) is 12.3. The second-order valence-electron chi connectivity index (χ2n) is 10.4. The number of fused-ring (bicyclic) bond motifs is 3. The number of likely N-dealkylation sites (tertiary alicyclic amines) is 1. The van der Waals surface area contributed by atoms with Crippen LogP contribution in [0.2, 0.25) is 0 Å². The van der Waals surface area contributed by atoms with Gasteiger partial charge in [-0.2, -0.15) is 0 Å². The summed E-state index contributed by atoms with van der Waals surface area (Å²) in [4.78, 5) is 14.3. The second kappa shape index (κ2) is 7.16. The van der Waals surface area contributed by atoms with E-state index in [9.17, 15) is 4.79 Å². The molecule has 3 aliphatic rings. The van der Waals surface area contributed by atoms with Crippen LogP contribution in [-0.2, 0) is 9.47 Å². The number of nitrogens with zero attached hydrogens (tertiary/aromatic N) is 1. The molecule has 0 saturated carbocycles. The molecule has 2 fully saturated rings. The molecule has 2 atom stereocenters. The highest BCUT2D eigenvalue weighted by molar-refractivity contribution is 9.10. The maximum Gasteiger partial charge on any atom is 0.410 e. The molecule has 6 heteroatoms. The zero-order valence-corrected chi connectivity index (χ0v) is 19.7.